The van der Waals surface area contributed by atoms with Gasteiger partial charge in [-0.2, -0.15) is 0 Å². The third-order valence-corrected chi connectivity index (χ3v) is 7.70. The molecule has 0 bridgehead atoms. The Hall–Kier alpha value is -3.68. The molecule has 0 saturated carbocycles. The molecule has 4 aromatic rings. The molecule has 0 aromatic heterocycles. The smallest absolute Gasteiger partial charge is 0.119 e. The first-order chi connectivity index (χ1) is 20.3. The number of rotatable bonds is 14. The van der Waals surface area contributed by atoms with Gasteiger partial charge in [0.05, 0.1) is 39.6 Å². The van der Waals surface area contributed by atoms with Gasteiger partial charge in [0.1, 0.15) is 36.9 Å². The van der Waals surface area contributed by atoms with Crippen molar-refractivity contribution in [3.8, 4) is 44.9 Å². The monoisotopic (exact) mass is 550 g/mol. The van der Waals surface area contributed by atoms with E-state index >= 15 is 0 Å². The van der Waals surface area contributed by atoms with Crippen LogP contribution in [0.4, 0.5) is 0 Å². The molecule has 41 heavy (non-hydrogen) atoms. The number of hydrogen-bond acceptors (Lipinski definition) is 6. The molecular formula is C35H34O6. The Balaban J connectivity index is 1.10. The van der Waals surface area contributed by atoms with Crippen LogP contribution in [0.25, 0.3) is 33.4 Å². The van der Waals surface area contributed by atoms with Crippen molar-refractivity contribution < 1.29 is 28.4 Å². The minimum absolute atomic E-state index is 0.276. The van der Waals surface area contributed by atoms with E-state index in [2.05, 4.69) is 72.8 Å². The van der Waals surface area contributed by atoms with Crippen molar-refractivity contribution in [2.24, 2.45) is 0 Å². The van der Waals surface area contributed by atoms with Crippen molar-refractivity contribution in [2.45, 2.75) is 18.6 Å². The molecule has 2 saturated heterocycles. The van der Waals surface area contributed by atoms with Crippen molar-refractivity contribution in [2.75, 3.05) is 52.9 Å². The van der Waals surface area contributed by atoms with E-state index < -0.39 is 0 Å². The zero-order valence-corrected chi connectivity index (χ0v) is 23.1. The van der Waals surface area contributed by atoms with Crippen molar-refractivity contribution >= 4 is 0 Å². The lowest BCUT2D eigenvalue weighted by molar-refractivity contribution is 0.0878. The van der Waals surface area contributed by atoms with Crippen molar-refractivity contribution in [1.82, 2.24) is 0 Å². The number of epoxide rings is 2. The second-order valence-electron chi connectivity index (χ2n) is 10.7. The average molecular weight is 551 g/mol. The second-order valence-corrected chi connectivity index (χ2v) is 10.7. The largest absolute Gasteiger partial charge is 0.491 e. The lowest BCUT2D eigenvalue weighted by Crippen LogP contribution is -2.10. The summed E-state index contributed by atoms with van der Waals surface area (Å²) in [5, 5.41) is 0. The maximum Gasteiger partial charge on any atom is 0.119 e. The standard InChI is InChI=1S/C35H34O6/c1-2-4-31-26(3-1)19-34-33(31)14-13-32(24-5-9-27(10-6-24)38-17-15-36-20-29-22-40-29)35(34)25-7-11-28(12-8-25)39-18-16-37-21-30-23-41-30/h1-14,29-30H,15-23H2. The molecule has 0 radical (unpaired) electrons. The molecule has 210 valence electrons. The van der Waals surface area contributed by atoms with Crippen LogP contribution >= 0.6 is 0 Å². The molecule has 4 aromatic carbocycles. The van der Waals surface area contributed by atoms with Gasteiger partial charge in [-0.1, -0.05) is 60.7 Å². The maximum atomic E-state index is 5.94. The van der Waals surface area contributed by atoms with Crippen molar-refractivity contribution in [1.29, 1.82) is 0 Å². The highest BCUT2D eigenvalue weighted by Gasteiger charge is 2.25. The van der Waals surface area contributed by atoms with E-state index in [0.29, 0.717) is 39.6 Å². The molecule has 6 nitrogen and oxygen atoms in total. The maximum absolute atomic E-state index is 5.94. The van der Waals surface area contributed by atoms with Gasteiger partial charge in [0, 0.05) is 0 Å². The van der Waals surface area contributed by atoms with Gasteiger partial charge in [-0.15, -0.1) is 0 Å². The highest BCUT2D eigenvalue weighted by molar-refractivity contribution is 5.93. The fourth-order valence-corrected chi connectivity index (χ4v) is 5.43. The zero-order chi connectivity index (χ0) is 27.4. The summed E-state index contributed by atoms with van der Waals surface area (Å²) < 4.78 is 33.4. The third-order valence-electron chi connectivity index (χ3n) is 7.70. The Morgan fingerprint density at radius 2 is 1.12 bits per heavy atom. The molecule has 2 aliphatic heterocycles. The first kappa shape index (κ1) is 26.2. The van der Waals surface area contributed by atoms with Crippen LogP contribution in [0.1, 0.15) is 11.1 Å². The molecule has 2 atom stereocenters. The summed E-state index contributed by atoms with van der Waals surface area (Å²) in [6, 6.07) is 30.1. The van der Waals surface area contributed by atoms with E-state index in [1.807, 2.05) is 12.1 Å². The Morgan fingerprint density at radius 3 is 1.73 bits per heavy atom. The molecule has 2 heterocycles. The van der Waals surface area contributed by atoms with E-state index in [9.17, 15) is 0 Å². The van der Waals surface area contributed by atoms with Gasteiger partial charge in [-0.05, 0) is 75.2 Å². The van der Waals surface area contributed by atoms with Crippen LogP contribution in [0.15, 0.2) is 84.9 Å². The molecule has 1 aliphatic carbocycles. The Bertz CT molecular complexity index is 1470. The predicted molar refractivity (Wildman–Crippen MR) is 158 cm³/mol. The highest BCUT2D eigenvalue weighted by Crippen LogP contribution is 2.46. The molecule has 6 heteroatoms. The number of ether oxygens (including phenoxy) is 6. The Kier molecular flexibility index (Phi) is 7.71. The molecule has 3 aliphatic rings. The van der Waals surface area contributed by atoms with Gasteiger partial charge in [0.2, 0.25) is 0 Å². The number of fused-ring (bicyclic) bond motifs is 3. The van der Waals surface area contributed by atoms with E-state index in [0.717, 1.165) is 36.7 Å². The summed E-state index contributed by atoms with van der Waals surface area (Å²) in [6.07, 6.45) is 1.47. The second kappa shape index (κ2) is 12.0. The van der Waals surface area contributed by atoms with E-state index in [1.165, 1.54) is 38.9 Å². The average Bonchev–Trinajstić information content (AvgIpc) is 3.95. The van der Waals surface area contributed by atoms with E-state index in [4.69, 9.17) is 28.4 Å². The van der Waals surface area contributed by atoms with E-state index in [1.54, 1.807) is 0 Å². The van der Waals surface area contributed by atoms with Gasteiger partial charge in [-0.25, -0.2) is 0 Å². The Labute approximate surface area is 240 Å². The van der Waals surface area contributed by atoms with Crippen LogP contribution in [-0.4, -0.2) is 65.1 Å². The third kappa shape index (κ3) is 6.31. The predicted octanol–water partition coefficient (Wildman–Crippen LogP) is 6.18. The summed E-state index contributed by atoms with van der Waals surface area (Å²) in [5.41, 5.74) is 10.2. The fourth-order valence-electron chi connectivity index (χ4n) is 5.43. The fraction of sp³-hybridized carbons (Fsp3) is 0.314. The summed E-state index contributed by atoms with van der Waals surface area (Å²) >= 11 is 0. The lowest BCUT2D eigenvalue weighted by Gasteiger charge is -2.17. The SMILES string of the molecule is c1ccc2c(c1)Cc1c-2ccc(-c2ccc(OCCOCC3CO3)cc2)c1-c1ccc(OCCOCC2CO2)cc1. The van der Waals surface area contributed by atoms with Crippen LogP contribution in [0.5, 0.6) is 11.5 Å². The molecule has 7 rings (SSSR count). The number of hydrogen-bond donors (Lipinski definition) is 0. The molecule has 0 N–H and O–H groups in total. The first-order valence-corrected chi connectivity index (χ1v) is 14.4. The van der Waals surface area contributed by atoms with Crippen LogP contribution in [0, 0.1) is 0 Å². The minimum atomic E-state index is 0.276. The summed E-state index contributed by atoms with van der Waals surface area (Å²) in [7, 11) is 0. The lowest BCUT2D eigenvalue weighted by atomic mass is 9.88. The molecule has 0 spiro atoms. The van der Waals surface area contributed by atoms with Crippen molar-refractivity contribution in [3.63, 3.8) is 0 Å². The van der Waals surface area contributed by atoms with Gasteiger partial charge >= 0.3 is 0 Å². The highest BCUT2D eigenvalue weighted by atomic mass is 16.6. The number of benzene rings is 4. The topological polar surface area (TPSA) is 62.0 Å². The van der Waals surface area contributed by atoms with E-state index in [-0.39, 0.29) is 12.2 Å². The van der Waals surface area contributed by atoms with Gasteiger partial charge < -0.3 is 28.4 Å². The molecular weight excluding hydrogens is 516 g/mol. The summed E-state index contributed by atoms with van der Waals surface area (Å²) in [5.74, 6) is 1.68. The van der Waals surface area contributed by atoms with Gasteiger partial charge in [0.15, 0.2) is 0 Å². The summed E-state index contributed by atoms with van der Waals surface area (Å²) in [4.78, 5) is 0. The molecule has 2 fully saturated rings. The van der Waals surface area contributed by atoms with Crippen LogP contribution in [0.3, 0.4) is 0 Å². The minimum Gasteiger partial charge on any atom is -0.491 e. The summed E-state index contributed by atoms with van der Waals surface area (Å²) in [6.45, 7) is 5.05. The first-order valence-electron chi connectivity index (χ1n) is 14.4. The molecule has 0 amide bonds. The quantitative estimate of drug-likeness (QED) is 0.122. The van der Waals surface area contributed by atoms with Crippen LogP contribution in [-0.2, 0) is 25.4 Å². The van der Waals surface area contributed by atoms with Crippen LogP contribution in [0.2, 0.25) is 0 Å². The van der Waals surface area contributed by atoms with Crippen LogP contribution < -0.4 is 9.47 Å². The van der Waals surface area contributed by atoms with Crippen molar-refractivity contribution in [3.05, 3.63) is 96.1 Å². The Morgan fingerprint density at radius 1 is 0.561 bits per heavy atom. The van der Waals surface area contributed by atoms with Gasteiger partial charge in [-0.3, -0.25) is 0 Å². The zero-order valence-electron chi connectivity index (χ0n) is 23.1. The molecule has 2 unspecified atom stereocenters. The normalized spacial score (nSPS) is 18.0. The van der Waals surface area contributed by atoms with Gasteiger partial charge in [0.25, 0.3) is 0 Å².